The van der Waals surface area contributed by atoms with Crippen molar-refractivity contribution in [2.75, 3.05) is 19.8 Å². The van der Waals surface area contributed by atoms with E-state index in [0.717, 1.165) is 12.1 Å². The summed E-state index contributed by atoms with van der Waals surface area (Å²) in [5.41, 5.74) is 0.555. The van der Waals surface area contributed by atoms with Gasteiger partial charge in [-0.05, 0) is 48.6 Å². The van der Waals surface area contributed by atoms with Gasteiger partial charge in [-0.1, -0.05) is 30.3 Å². The van der Waals surface area contributed by atoms with Gasteiger partial charge < -0.3 is 15.2 Å². The van der Waals surface area contributed by atoms with Crippen LogP contribution in [0, 0.1) is 17.6 Å². The average molecular weight is 480 g/mol. The number of sulfone groups is 1. The molecule has 1 unspecified atom stereocenters. The van der Waals surface area contributed by atoms with E-state index in [0.29, 0.717) is 5.56 Å². The van der Waals surface area contributed by atoms with Gasteiger partial charge in [0.1, 0.15) is 11.6 Å². The highest BCUT2D eigenvalue weighted by Crippen LogP contribution is 2.36. The maximum absolute atomic E-state index is 15.1. The van der Waals surface area contributed by atoms with Crippen LogP contribution >= 0.6 is 0 Å². The molecule has 6 nitrogen and oxygen atoms in total. The Labute approximate surface area is 191 Å². The van der Waals surface area contributed by atoms with Crippen LogP contribution in [-0.4, -0.2) is 50.5 Å². The number of aliphatic carboxylic acids is 1. The fraction of sp³-hybridized carbons (Fsp3) is 0.458. The topological polar surface area (TPSA) is 92.7 Å². The Bertz CT molecular complexity index is 1130. The quantitative estimate of drug-likeness (QED) is 0.684. The zero-order valence-corrected chi connectivity index (χ0v) is 19.0. The lowest BCUT2D eigenvalue weighted by Gasteiger charge is -2.36. The smallest absolute Gasteiger partial charge is 0.307 e. The number of ether oxygens (including phenoxy) is 1. The number of carboxylic acids is 1. The Balaban J connectivity index is 1.63. The van der Waals surface area contributed by atoms with Crippen molar-refractivity contribution >= 4 is 15.8 Å². The normalized spacial score (nSPS) is 29.5. The first-order valence-electron chi connectivity index (χ1n) is 11.0. The minimum atomic E-state index is -3.69. The van der Waals surface area contributed by atoms with Crippen LogP contribution in [0.3, 0.4) is 0 Å². The van der Waals surface area contributed by atoms with Crippen molar-refractivity contribution in [2.24, 2.45) is 5.92 Å². The molecule has 178 valence electrons. The molecule has 2 N–H and O–H groups in total. The van der Waals surface area contributed by atoms with E-state index in [1.54, 1.807) is 37.3 Å². The second-order valence-corrected chi connectivity index (χ2v) is 11.2. The summed E-state index contributed by atoms with van der Waals surface area (Å²) in [4.78, 5) is 11.6. The van der Waals surface area contributed by atoms with Crippen LogP contribution in [0.25, 0.3) is 0 Å². The number of nitrogens with one attached hydrogen (secondary N) is 1. The van der Waals surface area contributed by atoms with Gasteiger partial charge in [-0.15, -0.1) is 0 Å². The molecule has 2 aromatic carbocycles. The summed E-state index contributed by atoms with van der Waals surface area (Å²) in [5, 5.41) is 10.9. The largest absolute Gasteiger partial charge is 0.481 e. The molecular weight excluding hydrogens is 452 g/mol. The molecule has 9 heteroatoms. The first-order valence-corrected chi connectivity index (χ1v) is 12.6. The lowest BCUT2D eigenvalue weighted by molar-refractivity contribution is -0.146. The van der Waals surface area contributed by atoms with Crippen LogP contribution in [-0.2, 0) is 25.8 Å². The predicted molar refractivity (Wildman–Crippen MR) is 119 cm³/mol. The highest BCUT2D eigenvalue weighted by Gasteiger charge is 2.43. The van der Waals surface area contributed by atoms with Crippen molar-refractivity contribution in [3.05, 3.63) is 70.8 Å². The number of hydrogen-bond donors (Lipinski definition) is 2. The van der Waals surface area contributed by atoms with Crippen LogP contribution in [0.15, 0.2) is 42.5 Å². The lowest BCUT2D eigenvalue weighted by atomic mass is 9.82. The standard InChI is InChI=1S/C24H27F2NO5S/c1-14-22(33(30,31)23(12-27-14)15-5-3-2-4-6-15)10-16-9-21(26)18(11-20(16)25)19-13-32-8-7-17(19)24(28)29/h2-6,9,11,14,17,19,22-23,27H,7-8,10,12-13H2,1H3,(H,28,29)/t14-,17+,19-,22?,23-/m0/s1. The number of carboxylic acid groups (broad SMARTS) is 1. The van der Waals surface area contributed by atoms with Gasteiger partial charge in [-0.25, -0.2) is 17.2 Å². The molecule has 2 saturated heterocycles. The van der Waals surface area contributed by atoms with E-state index in [4.69, 9.17) is 4.74 Å². The minimum absolute atomic E-state index is 0.0105. The van der Waals surface area contributed by atoms with Crippen LogP contribution in [0.2, 0.25) is 0 Å². The Hall–Kier alpha value is -2.36. The molecule has 0 radical (unpaired) electrons. The van der Waals surface area contributed by atoms with Crippen molar-refractivity contribution in [1.82, 2.24) is 5.32 Å². The first-order chi connectivity index (χ1) is 15.7. The summed E-state index contributed by atoms with van der Waals surface area (Å²) in [7, 11) is -3.69. The SMILES string of the molecule is C[C@@H]1NC[C@@H](c2ccccc2)S(=O)(=O)C1Cc1cc(F)c([C@H]2COCC[C@H]2C(=O)O)cc1F. The van der Waals surface area contributed by atoms with E-state index in [1.165, 1.54) is 0 Å². The zero-order valence-electron chi connectivity index (χ0n) is 18.2. The summed E-state index contributed by atoms with van der Waals surface area (Å²) in [5.74, 6) is -4.24. The Morgan fingerprint density at radius 2 is 1.91 bits per heavy atom. The second kappa shape index (κ2) is 9.48. The van der Waals surface area contributed by atoms with Crippen molar-refractivity contribution < 1.29 is 31.8 Å². The molecule has 0 saturated carbocycles. The Kier molecular flexibility index (Phi) is 6.83. The molecule has 2 aliphatic rings. The van der Waals surface area contributed by atoms with Crippen molar-refractivity contribution in [3.63, 3.8) is 0 Å². The summed E-state index contributed by atoms with van der Waals surface area (Å²) in [6.45, 7) is 2.22. The molecule has 4 rings (SSSR count). The molecule has 2 fully saturated rings. The van der Waals surface area contributed by atoms with Gasteiger partial charge in [0.15, 0.2) is 9.84 Å². The first kappa shape index (κ1) is 23.8. The minimum Gasteiger partial charge on any atom is -0.481 e. The zero-order chi connectivity index (χ0) is 23.8. The lowest BCUT2D eigenvalue weighted by Crippen LogP contribution is -2.53. The molecule has 2 heterocycles. The summed E-state index contributed by atoms with van der Waals surface area (Å²) < 4.78 is 62.3. The maximum atomic E-state index is 15.1. The van der Waals surface area contributed by atoms with E-state index in [2.05, 4.69) is 5.32 Å². The highest BCUT2D eigenvalue weighted by atomic mass is 32.2. The molecule has 0 bridgehead atoms. The van der Waals surface area contributed by atoms with Crippen LogP contribution in [0.5, 0.6) is 0 Å². The summed E-state index contributed by atoms with van der Waals surface area (Å²) in [6, 6.07) is 10.4. The van der Waals surface area contributed by atoms with Crippen LogP contribution < -0.4 is 5.32 Å². The Morgan fingerprint density at radius 1 is 1.18 bits per heavy atom. The van der Waals surface area contributed by atoms with Crippen molar-refractivity contribution in [3.8, 4) is 0 Å². The van der Waals surface area contributed by atoms with Gasteiger partial charge in [0, 0.05) is 25.1 Å². The molecule has 0 aliphatic carbocycles. The van der Waals surface area contributed by atoms with E-state index in [9.17, 15) is 18.3 Å². The third kappa shape index (κ3) is 4.67. The third-order valence-corrected chi connectivity index (χ3v) is 9.48. The molecule has 0 spiro atoms. The van der Waals surface area contributed by atoms with Gasteiger partial charge in [0.2, 0.25) is 0 Å². The number of rotatable bonds is 5. The molecule has 0 amide bonds. The van der Waals surface area contributed by atoms with Gasteiger partial charge in [0.05, 0.1) is 23.0 Å². The highest BCUT2D eigenvalue weighted by molar-refractivity contribution is 7.92. The second-order valence-electron chi connectivity index (χ2n) is 8.81. The maximum Gasteiger partial charge on any atom is 0.307 e. The molecular formula is C24H27F2NO5S. The van der Waals surface area contributed by atoms with E-state index in [-0.39, 0.29) is 43.7 Å². The van der Waals surface area contributed by atoms with E-state index < -0.39 is 55.8 Å². The van der Waals surface area contributed by atoms with Gasteiger partial charge in [-0.2, -0.15) is 0 Å². The van der Waals surface area contributed by atoms with Gasteiger partial charge in [-0.3, -0.25) is 4.79 Å². The summed E-state index contributed by atoms with van der Waals surface area (Å²) in [6.07, 6.45) is 0.0274. The monoisotopic (exact) mass is 479 g/mol. The fourth-order valence-electron chi connectivity index (χ4n) is 4.90. The molecule has 2 aromatic rings. The molecule has 0 aromatic heterocycles. The number of halogens is 2. The van der Waals surface area contributed by atoms with Gasteiger partial charge in [0.25, 0.3) is 0 Å². The van der Waals surface area contributed by atoms with Crippen LogP contribution in [0.4, 0.5) is 8.78 Å². The average Bonchev–Trinajstić information content (AvgIpc) is 2.79. The fourth-order valence-corrected chi connectivity index (χ4v) is 7.27. The predicted octanol–water partition coefficient (Wildman–Crippen LogP) is 3.23. The molecule has 5 atom stereocenters. The van der Waals surface area contributed by atoms with Crippen molar-refractivity contribution in [2.45, 2.75) is 42.2 Å². The number of benzene rings is 2. The summed E-state index contributed by atoms with van der Waals surface area (Å²) >= 11 is 0. The Morgan fingerprint density at radius 3 is 2.61 bits per heavy atom. The van der Waals surface area contributed by atoms with Crippen molar-refractivity contribution in [1.29, 1.82) is 0 Å². The van der Waals surface area contributed by atoms with Crippen LogP contribution in [0.1, 0.15) is 41.2 Å². The molecule has 2 aliphatic heterocycles. The van der Waals surface area contributed by atoms with Gasteiger partial charge >= 0.3 is 5.97 Å². The number of carbonyl (C=O) groups is 1. The number of hydrogen-bond acceptors (Lipinski definition) is 5. The molecule has 33 heavy (non-hydrogen) atoms. The van der Waals surface area contributed by atoms with E-state index in [1.807, 2.05) is 0 Å². The van der Waals surface area contributed by atoms with E-state index >= 15 is 8.78 Å². The third-order valence-electron chi connectivity index (χ3n) is 6.83.